The van der Waals surface area contributed by atoms with Gasteiger partial charge in [0, 0.05) is 12.1 Å². The maximum Gasteiger partial charge on any atom is 0.0151 e. The molecule has 0 aromatic rings. The molecule has 3 rings (SSSR count). The molecule has 0 spiro atoms. The number of nitrogens with zero attached hydrogens (tertiary/aromatic N) is 1. The fourth-order valence-electron chi connectivity index (χ4n) is 3.20. The van der Waals surface area contributed by atoms with E-state index in [1.165, 1.54) is 51.7 Å². The molecule has 13 heavy (non-hydrogen) atoms. The van der Waals surface area contributed by atoms with E-state index in [-0.39, 0.29) is 0 Å². The third-order valence-electron chi connectivity index (χ3n) is 4.00. The van der Waals surface area contributed by atoms with Crippen molar-refractivity contribution >= 4 is 0 Å². The number of hydrogen-bond donors (Lipinski definition) is 1. The molecule has 2 heteroatoms. The molecule has 0 amide bonds. The van der Waals surface area contributed by atoms with Crippen molar-refractivity contribution < 1.29 is 0 Å². The SMILES string of the molecule is C1C[C@H]2CNCC[C@H]2N(C2CC2)C1. The van der Waals surface area contributed by atoms with Gasteiger partial charge in [-0.2, -0.15) is 0 Å². The van der Waals surface area contributed by atoms with Gasteiger partial charge in [-0.3, -0.25) is 4.90 Å². The molecule has 3 aliphatic rings. The van der Waals surface area contributed by atoms with Crippen LogP contribution in [0.1, 0.15) is 32.1 Å². The van der Waals surface area contributed by atoms with Gasteiger partial charge in [-0.25, -0.2) is 0 Å². The minimum atomic E-state index is 0.947. The second-order valence-electron chi connectivity index (χ2n) is 4.93. The molecule has 2 heterocycles. The standard InChI is InChI=1S/C11H20N2/c1-2-9-8-12-6-5-11(9)13(7-1)10-3-4-10/h9-12H,1-8H2/t9-,11+/m0/s1. The highest BCUT2D eigenvalue weighted by atomic mass is 15.2. The van der Waals surface area contributed by atoms with Crippen molar-refractivity contribution in [3.63, 3.8) is 0 Å². The Hall–Kier alpha value is -0.0800. The van der Waals surface area contributed by atoms with Crippen molar-refractivity contribution in [3.05, 3.63) is 0 Å². The average molecular weight is 180 g/mol. The number of hydrogen-bond acceptors (Lipinski definition) is 2. The van der Waals surface area contributed by atoms with Gasteiger partial charge in [-0.15, -0.1) is 0 Å². The van der Waals surface area contributed by atoms with E-state index in [2.05, 4.69) is 10.2 Å². The molecule has 74 valence electrons. The van der Waals surface area contributed by atoms with E-state index in [0.29, 0.717) is 0 Å². The molecular formula is C11H20N2. The Labute approximate surface area is 80.7 Å². The first-order valence-electron chi connectivity index (χ1n) is 5.91. The van der Waals surface area contributed by atoms with Crippen LogP contribution >= 0.6 is 0 Å². The molecular weight excluding hydrogens is 160 g/mol. The van der Waals surface area contributed by atoms with E-state index in [1.54, 1.807) is 0 Å². The molecule has 1 saturated carbocycles. The summed E-state index contributed by atoms with van der Waals surface area (Å²) >= 11 is 0. The number of fused-ring (bicyclic) bond motifs is 1. The first-order valence-corrected chi connectivity index (χ1v) is 5.91. The normalized spacial score (nSPS) is 41.5. The highest BCUT2D eigenvalue weighted by Gasteiger charge is 2.40. The predicted octanol–water partition coefficient (Wildman–Crippen LogP) is 1.22. The van der Waals surface area contributed by atoms with Gasteiger partial charge >= 0.3 is 0 Å². The van der Waals surface area contributed by atoms with Gasteiger partial charge in [0.25, 0.3) is 0 Å². The van der Waals surface area contributed by atoms with Crippen LogP contribution in [0.5, 0.6) is 0 Å². The van der Waals surface area contributed by atoms with Crippen molar-refractivity contribution in [2.45, 2.75) is 44.2 Å². The predicted molar refractivity (Wildman–Crippen MR) is 53.7 cm³/mol. The average Bonchev–Trinajstić information content (AvgIpc) is 3.00. The summed E-state index contributed by atoms with van der Waals surface area (Å²) in [4.78, 5) is 2.83. The zero-order valence-corrected chi connectivity index (χ0v) is 8.34. The molecule has 0 radical (unpaired) electrons. The van der Waals surface area contributed by atoms with Crippen LogP contribution in [0.3, 0.4) is 0 Å². The monoisotopic (exact) mass is 180 g/mol. The molecule has 0 unspecified atom stereocenters. The molecule has 2 aliphatic heterocycles. The number of piperidine rings is 2. The van der Waals surface area contributed by atoms with Crippen molar-refractivity contribution in [3.8, 4) is 0 Å². The zero-order valence-electron chi connectivity index (χ0n) is 8.34. The van der Waals surface area contributed by atoms with Crippen LogP contribution in [0, 0.1) is 5.92 Å². The lowest BCUT2D eigenvalue weighted by atomic mass is 9.84. The molecule has 0 aromatic carbocycles. The number of rotatable bonds is 1. The third-order valence-corrected chi connectivity index (χ3v) is 4.00. The molecule has 3 fully saturated rings. The van der Waals surface area contributed by atoms with E-state index >= 15 is 0 Å². The van der Waals surface area contributed by atoms with Crippen molar-refractivity contribution in [2.24, 2.45) is 5.92 Å². The van der Waals surface area contributed by atoms with Gasteiger partial charge in [0.2, 0.25) is 0 Å². The number of nitrogens with one attached hydrogen (secondary N) is 1. The maximum absolute atomic E-state index is 3.54. The first kappa shape index (κ1) is 8.25. The van der Waals surface area contributed by atoms with Crippen molar-refractivity contribution in [1.29, 1.82) is 0 Å². The van der Waals surface area contributed by atoms with Crippen molar-refractivity contribution in [1.82, 2.24) is 10.2 Å². The minimum Gasteiger partial charge on any atom is -0.316 e. The first-order chi connectivity index (χ1) is 6.45. The lowest BCUT2D eigenvalue weighted by Crippen LogP contribution is -2.53. The third kappa shape index (κ3) is 1.50. The Bertz CT molecular complexity index is 187. The van der Waals surface area contributed by atoms with E-state index in [4.69, 9.17) is 0 Å². The second-order valence-corrected chi connectivity index (χ2v) is 4.93. The van der Waals surface area contributed by atoms with Crippen LogP contribution in [0.2, 0.25) is 0 Å². The molecule has 2 nitrogen and oxygen atoms in total. The quantitative estimate of drug-likeness (QED) is 0.653. The topological polar surface area (TPSA) is 15.3 Å². The second kappa shape index (κ2) is 3.25. The van der Waals surface area contributed by atoms with Gasteiger partial charge in [0.05, 0.1) is 0 Å². The maximum atomic E-state index is 3.54. The van der Waals surface area contributed by atoms with E-state index < -0.39 is 0 Å². The Balaban J connectivity index is 1.71. The van der Waals surface area contributed by atoms with Crippen molar-refractivity contribution in [2.75, 3.05) is 19.6 Å². The summed E-state index contributed by atoms with van der Waals surface area (Å²) in [7, 11) is 0. The van der Waals surface area contributed by atoms with E-state index in [9.17, 15) is 0 Å². The van der Waals surface area contributed by atoms with Gasteiger partial charge in [0.15, 0.2) is 0 Å². The van der Waals surface area contributed by atoms with Gasteiger partial charge in [-0.1, -0.05) is 0 Å². The molecule has 0 aromatic heterocycles. The fraction of sp³-hybridized carbons (Fsp3) is 1.00. The molecule has 1 N–H and O–H groups in total. The minimum absolute atomic E-state index is 0.947. The molecule has 1 aliphatic carbocycles. The van der Waals surface area contributed by atoms with Crippen LogP contribution in [0.15, 0.2) is 0 Å². The molecule has 2 atom stereocenters. The summed E-state index contributed by atoms with van der Waals surface area (Å²) in [6.45, 7) is 3.93. The Morgan fingerprint density at radius 3 is 2.85 bits per heavy atom. The zero-order chi connectivity index (χ0) is 8.67. The summed E-state index contributed by atoms with van der Waals surface area (Å²) in [6.07, 6.45) is 7.29. The Kier molecular flexibility index (Phi) is 2.06. The summed E-state index contributed by atoms with van der Waals surface area (Å²) in [5, 5.41) is 3.54. The van der Waals surface area contributed by atoms with Gasteiger partial charge in [-0.05, 0) is 57.7 Å². The smallest absolute Gasteiger partial charge is 0.0151 e. The molecule has 0 bridgehead atoms. The van der Waals surface area contributed by atoms with Crippen LogP contribution < -0.4 is 5.32 Å². The van der Waals surface area contributed by atoms with E-state index in [0.717, 1.165) is 18.0 Å². The Morgan fingerprint density at radius 1 is 1.08 bits per heavy atom. The lowest BCUT2D eigenvalue weighted by molar-refractivity contribution is 0.0623. The van der Waals surface area contributed by atoms with Crippen LogP contribution in [0.4, 0.5) is 0 Å². The lowest BCUT2D eigenvalue weighted by Gasteiger charge is -2.44. The van der Waals surface area contributed by atoms with Crippen LogP contribution in [-0.4, -0.2) is 36.6 Å². The van der Waals surface area contributed by atoms with Crippen LogP contribution in [-0.2, 0) is 0 Å². The highest BCUT2D eigenvalue weighted by molar-refractivity contribution is 4.96. The summed E-state index contributed by atoms with van der Waals surface area (Å²) in [6, 6.07) is 1.94. The highest BCUT2D eigenvalue weighted by Crippen LogP contribution is 2.36. The summed E-state index contributed by atoms with van der Waals surface area (Å²) in [5.41, 5.74) is 0. The summed E-state index contributed by atoms with van der Waals surface area (Å²) in [5.74, 6) is 0.975. The van der Waals surface area contributed by atoms with Gasteiger partial charge in [0.1, 0.15) is 0 Å². The number of likely N-dealkylation sites (tertiary alicyclic amines) is 1. The largest absolute Gasteiger partial charge is 0.316 e. The van der Waals surface area contributed by atoms with Crippen LogP contribution in [0.25, 0.3) is 0 Å². The Morgan fingerprint density at radius 2 is 2.00 bits per heavy atom. The summed E-state index contributed by atoms with van der Waals surface area (Å²) < 4.78 is 0. The molecule has 2 saturated heterocycles. The van der Waals surface area contributed by atoms with E-state index in [1.807, 2.05) is 0 Å². The fourth-order valence-corrected chi connectivity index (χ4v) is 3.20. The van der Waals surface area contributed by atoms with Gasteiger partial charge < -0.3 is 5.32 Å².